The SMILES string of the molecule is CCC1O[C@@H](C)C(C)[C@@H](C)[C@@H]1O[C@@H]1OC(CO[C@@H]2OC(CC)[C@H](C)[C@H](C)C2C)[C@@H](OC)[C@H](C)C1C. The van der Waals surface area contributed by atoms with Crippen LogP contribution in [-0.4, -0.2) is 62.9 Å². The Bertz CT molecular complexity index is 641. The maximum atomic E-state index is 6.76. The topological polar surface area (TPSA) is 55.4 Å². The molecule has 3 aliphatic rings. The van der Waals surface area contributed by atoms with Crippen LogP contribution < -0.4 is 0 Å². The van der Waals surface area contributed by atoms with Gasteiger partial charge in [0.1, 0.15) is 6.10 Å². The van der Waals surface area contributed by atoms with Gasteiger partial charge in [0.25, 0.3) is 0 Å². The van der Waals surface area contributed by atoms with E-state index in [0.29, 0.717) is 36.2 Å². The summed E-state index contributed by atoms with van der Waals surface area (Å²) in [5.41, 5.74) is 0. The molecule has 0 saturated carbocycles. The zero-order valence-electron chi connectivity index (χ0n) is 24.2. The molecule has 0 aromatic heterocycles. The van der Waals surface area contributed by atoms with Crippen molar-refractivity contribution in [2.24, 2.45) is 41.4 Å². The van der Waals surface area contributed by atoms with Crippen molar-refractivity contribution in [3.05, 3.63) is 0 Å². The molecule has 206 valence electrons. The first-order valence-electron chi connectivity index (χ1n) is 14.3. The quantitative estimate of drug-likeness (QED) is 0.414. The highest BCUT2D eigenvalue weighted by molar-refractivity contribution is 4.91. The van der Waals surface area contributed by atoms with Gasteiger partial charge in [0.05, 0.1) is 37.1 Å². The molecule has 6 heteroatoms. The van der Waals surface area contributed by atoms with E-state index in [1.54, 1.807) is 7.11 Å². The van der Waals surface area contributed by atoms with Gasteiger partial charge in [-0.05, 0) is 49.4 Å². The maximum Gasteiger partial charge on any atom is 0.161 e. The smallest absolute Gasteiger partial charge is 0.161 e. The Labute approximate surface area is 215 Å². The van der Waals surface area contributed by atoms with Gasteiger partial charge in [-0.25, -0.2) is 0 Å². The molecule has 0 aliphatic carbocycles. The van der Waals surface area contributed by atoms with Crippen molar-refractivity contribution in [1.82, 2.24) is 0 Å². The van der Waals surface area contributed by atoms with E-state index >= 15 is 0 Å². The van der Waals surface area contributed by atoms with E-state index in [1.165, 1.54) is 0 Å². The maximum absolute atomic E-state index is 6.76. The fraction of sp³-hybridized carbons (Fsp3) is 1.00. The third kappa shape index (κ3) is 6.09. The van der Waals surface area contributed by atoms with Crippen LogP contribution in [0.15, 0.2) is 0 Å². The molecular formula is C29H54O6. The van der Waals surface area contributed by atoms with Crippen LogP contribution in [0, 0.1) is 41.4 Å². The minimum atomic E-state index is -0.317. The number of hydrogen-bond donors (Lipinski definition) is 0. The Hall–Kier alpha value is -0.240. The largest absolute Gasteiger partial charge is 0.378 e. The van der Waals surface area contributed by atoms with Crippen LogP contribution in [-0.2, 0) is 28.4 Å². The Morgan fingerprint density at radius 3 is 1.71 bits per heavy atom. The molecule has 35 heavy (non-hydrogen) atoms. The minimum absolute atomic E-state index is 0.0147. The molecule has 3 heterocycles. The van der Waals surface area contributed by atoms with Gasteiger partial charge in [0, 0.05) is 18.9 Å². The average Bonchev–Trinajstić information content (AvgIpc) is 2.85. The summed E-state index contributed by atoms with van der Waals surface area (Å²) in [6.45, 7) is 22.8. The molecule has 3 saturated heterocycles. The molecule has 0 amide bonds. The lowest BCUT2D eigenvalue weighted by Gasteiger charge is -2.49. The highest BCUT2D eigenvalue weighted by Gasteiger charge is 2.47. The van der Waals surface area contributed by atoms with E-state index in [1.807, 2.05) is 0 Å². The Kier molecular flexibility index (Phi) is 10.5. The van der Waals surface area contributed by atoms with Gasteiger partial charge in [0.15, 0.2) is 12.6 Å². The summed E-state index contributed by atoms with van der Waals surface area (Å²) in [4.78, 5) is 0. The predicted molar refractivity (Wildman–Crippen MR) is 138 cm³/mol. The van der Waals surface area contributed by atoms with E-state index in [9.17, 15) is 0 Å². The summed E-state index contributed by atoms with van der Waals surface area (Å²) in [5.74, 6) is 2.71. The van der Waals surface area contributed by atoms with E-state index in [4.69, 9.17) is 28.4 Å². The summed E-state index contributed by atoms with van der Waals surface area (Å²) >= 11 is 0. The first-order valence-corrected chi connectivity index (χ1v) is 14.3. The lowest BCUT2D eigenvalue weighted by atomic mass is 9.78. The molecule has 0 bridgehead atoms. The molecule has 0 aromatic carbocycles. The van der Waals surface area contributed by atoms with Crippen molar-refractivity contribution in [2.45, 2.75) is 131 Å². The molecule has 0 N–H and O–H groups in total. The average molecular weight is 499 g/mol. The van der Waals surface area contributed by atoms with E-state index < -0.39 is 0 Å². The molecule has 3 rings (SSSR count). The van der Waals surface area contributed by atoms with Gasteiger partial charge < -0.3 is 28.4 Å². The second-order valence-electron chi connectivity index (χ2n) is 11.9. The predicted octanol–water partition coefficient (Wildman–Crippen LogP) is 5.91. The molecule has 6 unspecified atom stereocenters. The van der Waals surface area contributed by atoms with Crippen molar-refractivity contribution in [1.29, 1.82) is 0 Å². The second-order valence-corrected chi connectivity index (χ2v) is 11.9. The highest BCUT2D eigenvalue weighted by Crippen LogP contribution is 2.40. The Morgan fingerprint density at radius 1 is 0.543 bits per heavy atom. The number of hydrogen-bond acceptors (Lipinski definition) is 6. The third-order valence-electron chi connectivity index (χ3n) is 10.1. The summed E-state index contributed by atoms with van der Waals surface area (Å²) in [6.07, 6.45) is 1.71. The second kappa shape index (κ2) is 12.5. The minimum Gasteiger partial charge on any atom is -0.378 e. The molecule has 0 spiro atoms. The van der Waals surface area contributed by atoms with Gasteiger partial charge in [-0.2, -0.15) is 0 Å². The van der Waals surface area contributed by atoms with Crippen LogP contribution in [0.3, 0.4) is 0 Å². The highest BCUT2D eigenvalue weighted by atomic mass is 16.7. The van der Waals surface area contributed by atoms with Crippen molar-refractivity contribution < 1.29 is 28.4 Å². The van der Waals surface area contributed by atoms with E-state index in [0.717, 1.165) is 12.8 Å². The lowest BCUT2D eigenvalue weighted by molar-refractivity contribution is -0.324. The van der Waals surface area contributed by atoms with Gasteiger partial charge in [-0.3, -0.25) is 0 Å². The first kappa shape index (κ1) is 29.3. The van der Waals surface area contributed by atoms with Crippen LogP contribution in [0.5, 0.6) is 0 Å². The van der Waals surface area contributed by atoms with Crippen LogP contribution in [0.4, 0.5) is 0 Å². The standard InChI is InChI=1S/C29H54O6/c1-12-23-17(5)15(3)20(8)28(33-23)31-14-25-26(30-11)19(7)21(9)29(34-25)35-27-18(6)16(4)22(10)32-24(27)13-2/h15-29H,12-14H2,1-11H3/t15-,16?,17+,18+,19+,20?,21?,22-,23?,24?,25?,26-,27-,28+,29-/m0/s1. The number of methoxy groups -OCH3 is 1. The zero-order valence-corrected chi connectivity index (χ0v) is 24.2. The number of ether oxygens (including phenoxy) is 6. The van der Waals surface area contributed by atoms with Crippen molar-refractivity contribution in [3.8, 4) is 0 Å². The Morgan fingerprint density at radius 2 is 1.11 bits per heavy atom. The fourth-order valence-corrected chi connectivity index (χ4v) is 6.49. The molecule has 0 aromatic rings. The zero-order chi connectivity index (χ0) is 26.0. The Balaban J connectivity index is 1.70. The summed E-state index contributed by atoms with van der Waals surface area (Å²) in [6, 6.07) is 0. The van der Waals surface area contributed by atoms with Crippen LogP contribution >= 0.6 is 0 Å². The number of rotatable bonds is 8. The molecule has 3 fully saturated rings. The molecule has 6 nitrogen and oxygen atoms in total. The van der Waals surface area contributed by atoms with Gasteiger partial charge in [-0.1, -0.05) is 62.3 Å². The summed E-state index contributed by atoms with van der Waals surface area (Å²) in [7, 11) is 1.77. The van der Waals surface area contributed by atoms with E-state index in [2.05, 4.69) is 69.2 Å². The molecule has 3 aliphatic heterocycles. The van der Waals surface area contributed by atoms with Gasteiger partial charge >= 0.3 is 0 Å². The van der Waals surface area contributed by atoms with E-state index in [-0.39, 0.29) is 61.0 Å². The van der Waals surface area contributed by atoms with Crippen LogP contribution in [0.25, 0.3) is 0 Å². The first-order chi connectivity index (χ1) is 16.5. The summed E-state index contributed by atoms with van der Waals surface area (Å²) < 4.78 is 38.5. The molecule has 0 radical (unpaired) electrons. The molecule has 15 atom stereocenters. The van der Waals surface area contributed by atoms with Gasteiger partial charge in [-0.15, -0.1) is 0 Å². The molecular weight excluding hydrogens is 444 g/mol. The van der Waals surface area contributed by atoms with Crippen LogP contribution in [0.2, 0.25) is 0 Å². The van der Waals surface area contributed by atoms with Crippen molar-refractivity contribution in [3.63, 3.8) is 0 Å². The fourth-order valence-electron chi connectivity index (χ4n) is 6.49. The van der Waals surface area contributed by atoms with Crippen molar-refractivity contribution in [2.75, 3.05) is 13.7 Å². The van der Waals surface area contributed by atoms with Crippen molar-refractivity contribution >= 4 is 0 Å². The summed E-state index contributed by atoms with van der Waals surface area (Å²) in [5, 5.41) is 0. The normalized spacial score (nSPS) is 51.3. The van der Waals surface area contributed by atoms with Gasteiger partial charge in [0.2, 0.25) is 0 Å². The third-order valence-corrected chi connectivity index (χ3v) is 10.1. The monoisotopic (exact) mass is 498 g/mol. The van der Waals surface area contributed by atoms with Crippen LogP contribution in [0.1, 0.15) is 82.1 Å². The lowest BCUT2D eigenvalue weighted by Crippen LogP contribution is -2.57.